The van der Waals surface area contributed by atoms with Gasteiger partial charge in [-0.05, 0) is 25.0 Å². The first-order chi connectivity index (χ1) is 14.9. The van der Waals surface area contributed by atoms with E-state index in [4.69, 9.17) is 4.74 Å². The Morgan fingerprint density at radius 2 is 2.00 bits per heavy atom. The number of benzene rings is 1. The number of methoxy groups -OCH3 is 1. The van der Waals surface area contributed by atoms with Crippen molar-refractivity contribution in [3.8, 4) is 11.3 Å². The molecule has 31 heavy (non-hydrogen) atoms. The second-order valence-corrected chi connectivity index (χ2v) is 8.68. The molecule has 3 amide bonds. The van der Waals surface area contributed by atoms with Crippen molar-refractivity contribution in [1.29, 1.82) is 0 Å². The molecule has 3 rings (SSSR count). The number of ether oxygens (including phenoxy) is 1. The molecule has 8 nitrogen and oxygen atoms in total. The predicted octanol–water partition coefficient (Wildman–Crippen LogP) is 2.01. The molecule has 0 spiro atoms. The fourth-order valence-electron chi connectivity index (χ4n) is 3.51. The summed E-state index contributed by atoms with van der Waals surface area (Å²) in [4.78, 5) is 44.5. The van der Waals surface area contributed by atoms with Crippen LogP contribution in [0.1, 0.15) is 28.2 Å². The van der Waals surface area contributed by atoms with Crippen molar-refractivity contribution in [3.05, 3.63) is 40.2 Å². The van der Waals surface area contributed by atoms with E-state index in [-0.39, 0.29) is 30.2 Å². The number of nitrogens with one attached hydrogen (secondary N) is 1. The minimum absolute atomic E-state index is 0.0422. The Balaban J connectivity index is 1.54. The molecule has 1 aliphatic heterocycles. The summed E-state index contributed by atoms with van der Waals surface area (Å²) in [6.45, 7) is 1.49. The summed E-state index contributed by atoms with van der Waals surface area (Å²) < 4.78 is 4.91. The first-order valence-electron chi connectivity index (χ1n) is 10.2. The van der Waals surface area contributed by atoms with Crippen LogP contribution in [-0.2, 0) is 20.9 Å². The summed E-state index contributed by atoms with van der Waals surface area (Å²) in [5.74, 6) is -0.393. The van der Waals surface area contributed by atoms with Crippen LogP contribution in [0.25, 0.3) is 11.3 Å². The molecule has 1 aromatic carbocycles. The summed E-state index contributed by atoms with van der Waals surface area (Å²) in [7, 11) is 4.94. The summed E-state index contributed by atoms with van der Waals surface area (Å²) in [5.41, 5.74) is 2.36. The smallest absolute Gasteiger partial charge is 0.253 e. The van der Waals surface area contributed by atoms with E-state index in [9.17, 15) is 14.4 Å². The first kappa shape index (κ1) is 22.9. The number of carbonyl (C=O) groups excluding carboxylic acids is 3. The Labute approximate surface area is 186 Å². The van der Waals surface area contributed by atoms with Crippen LogP contribution in [0.3, 0.4) is 0 Å². The maximum atomic E-state index is 12.6. The van der Waals surface area contributed by atoms with Crippen molar-refractivity contribution >= 4 is 29.1 Å². The number of aromatic nitrogens is 1. The second-order valence-electron chi connectivity index (χ2n) is 7.73. The highest BCUT2D eigenvalue weighted by Crippen LogP contribution is 2.23. The average Bonchev–Trinajstić information content (AvgIpc) is 3.26. The molecule has 0 unspecified atom stereocenters. The lowest BCUT2D eigenvalue weighted by molar-refractivity contribution is -0.139. The fourth-order valence-corrected chi connectivity index (χ4v) is 4.25. The van der Waals surface area contributed by atoms with Gasteiger partial charge in [0.05, 0.1) is 18.2 Å². The van der Waals surface area contributed by atoms with E-state index in [1.165, 1.54) is 23.3 Å². The molecule has 1 N–H and O–H groups in total. The summed E-state index contributed by atoms with van der Waals surface area (Å²) >= 11 is 1.48. The molecular formula is C22H28N4O4S. The number of rotatable bonds is 7. The van der Waals surface area contributed by atoms with Crippen molar-refractivity contribution in [2.45, 2.75) is 19.4 Å². The van der Waals surface area contributed by atoms with Crippen LogP contribution in [-0.4, -0.2) is 73.4 Å². The maximum Gasteiger partial charge on any atom is 0.253 e. The summed E-state index contributed by atoms with van der Waals surface area (Å²) in [6, 6.07) is 7.33. The van der Waals surface area contributed by atoms with E-state index >= 15 is 0 Å². The third-order valence-corrected chi connectivity index (χ3v) is 6.06. The highest BCUT2D eigenvalue weighted by Gasteiger charge is 2.28. The third kappa shape index (κ3) is 5.89. The highest BCUT2D eigenvalue weighted by molar-refractivity contribution is 7.09. The van der Waals surface area contributed by atoms with E-state index in [1.807, 2.05) is 17.5 Å². The normalized spacial score (nSPS) is 16.1. The molecule has 9 heteroatoms. The molecule has 0 radical (unpaired) electrons. The largest absolute Gasteiger partial charge is 0.375 e. The van der Waals surface area contributed by atoms with Crippen LogP contribution in [0, 0.1) is 5.92 Å². The van der Waals surface area contributed by atoms with Gasteiger partial charge in [-0.25, -0.2) is 4.98 Å². The quantitative estimate of drug-likeness (QED) is 0.705. The molecule has 1 aromatic heterocycles. The maximum absolute atomic E-state index is 12.6. The Hall–Kier alpha value is -2.78. The fraction of sp³-hybridized carbons (Fsp3) is 0.455. The van der Waals surface area contributed by atoms with Crippen molar-refractivity contribution in [1.82, 2.24) is 20.1 Å². The van der Waals surface area contributed by atoms with E-state index in [1.54, 1.807) is 31.1 Å². The van der Waals surface area contributed by atoms with Crippen LogP contribution in [0.15, 0.2) is 29.6 Å². The summed E-state index contributed by atoms with van der Waals surface area (Å²) in [6.07, 6.45) is 1.57. The van der Waals surface area contributed by atoms with Gasteiger partial charge < -0.3 is 19.9 Å². The Kier molecular flexibility index (Phi) is 7.75. The van der Waals surface area contributed by atoms with Gasteiger partial charge in [0, 0.05) is 50.8 Å². The van der Waals surface area contributed by atoms with Gasteiger partial charge in [-0.2, -0.15) is 0 Å². The van der Waals surface area contributed by atoms with Gasteiger partial charge in [0.2, 0.25) is 11.8 Å². The van der Waals surface area contributed by atoms with Crippen LogP contribution in [0.4, 0.5) is 0 Å². The molecular weight excluding hydrogens is 416 g/mol. The lowest BCUT2D eigenvalue weighted by Crippen LogP contribution is -2.46. The second kappa shape index (κ2) is 10.5. The van der Waals surface area contributed by atoms with E-state index in [2.05, 4.69) is 10.3 Å². The van der Waals surface area contributed by atoms with Crippen molar-refractivity contribution in [2.24, 2.45) is 5.92 Å². The molecule has 1 aliphatic rings. The van der Waals surface area contributed by atoms with Gasteiger partial charge in [0.25, 0.3) is 5.91 Å². The topological polar surface area (TPSA) is 91.8 Å². The zero-order valence-electron chi connectivity index (χ0n) is 18.1. The van der Waals surface area contributed by atoms with Crippen LogP contribution >= 0.6 is 11.3 Å². The number of likely N-dealkylation sites (tertiary alicyclic amines) is 1. The Morgan fingerprint density at radius 1 is 1.26 bits per heavy atom. The van der Waals surface area contributed by atoms with E-state index < -0.39 is 0 Å². The van der Waals surface area contributed by atoms with Gasteiger partial charge in [-0.3, -0.25) is 14.4 Å². The molecule has 0 saturated carbocycles. The van der Waals surface area contributed by atoms with Crippen LogP contribution < -0.4 is 5.32 Å². The molecule has 1 atom stereocenters. The van der Waals surface area contributed by atoms with Crippen molar-refractivity contribution in [2.75, 3.05) is 40.9 Å². The van der Waals surface area contributed by atoms with Gasteiger partial charge in [0.15, 0.2) is 0 Å². The number of thiazole rings is 1. The Morgan fingerprint density at radius 3 is 2.68 bits per heavy atom. The zero-order chi connectivity index (χ0) is 22.4. The Bertz CT molecular complexity index is 926. The van der Waals surface area contributed by atoms with Crippen molar-refractivity contribution < 1.29 is 19.1 Å². The number of amides is 3. The van der Waals surface area contributed by atoms with Gasteiger partial charge in [-0.1, -0.05) is 12.1 Å². The number of carbonyl (C=O) groups is 3. The minimum atomic E-state index is -0.212. The third-order valence-electron chi connectivity index (χ3n) is 5.21. The average molecular weight is 445 g/mol. The molecule has 1 saturated heterocycles. The monoisotopic (exact) mass is 444 g/mol. The lowest BCUT2D eigenvalue weighted by Gasteiger charge is -2.31. The predicted molar refractivity (Wildman–Crippen MR) is 119 cm³/mol. The molecule has 2 heterocycles. The molecule has 166 valence electrons. The van der Waals surface area contributed by atoms with Crippen LogP contribution in [0.2, 0.25) is 0 Å². The minimum Gasteiger partial charge on any atom is -0.375 e. The molecule has 0 bridgehead atoms. The molecule has 0 aliphatic carbocycles. The standard InChI is InChI=1S/C22H28N4O4S/c1-25(2)22(29)16-8-6-15(7-9-16)18-14-31-19(24-18)11-23-21(28)17-5-4-10-26(12-17)20(27)13-30-3/h6-9,14,17H,4-5,10-13H2,1-3H3,(H,23,28)/t17-/m0/s1. The summed E-state index contributed by atoms with van der Waals surface area (Å²) in [5, 5.41) is 5.70. The zero-order valence-corrected chi connectivity index (χ0v) is 18.9. The van der Waals surface area contributed by atoms with Crippen molar-refractivity contribution in [3.63, 3.8) is 0 Å². The lowest BCUT2D eigenvalue weighted by atomic mass is 9.97. The van der Waals surface area contributed by atoms with E-state index in [0.29, 0.717) is 25.2 Å². The van der Waals surface area contributed by atoms with Gasteiger partial charge >= 0.3 is 0 Å². The number of nitrogens with zero attached hydrogens (tertiary/aromatic N) is 3. The van der Waals surface area contributed by atoms with Crippen LogP contribution in [0.5, 0.6) is 0 Å². The first-order valence-corrected chi connectivity index (χ1v) is 11.1. The van der Waals surface area contributed by atoms with E-state index in [0.717, 1.165) is 29.1 Å². The number of hydrogen-bond acceptors (Lipinski definition) is 6. The SMILES string of the molecule is COCC(=O)N1CCC[C@H](C(=O)NCc2nc(-c3ccc(C(=O)N(C)C)cc3)cs2)C1. The highest BCUT2D eigenvalue weighted by atomic mass is 32.1. The molecule has 2 aromatic rings. The molecule has 1 fully saturated rings. The number of hydrogen-bond donors (Lipinski definition) is 1. The van der Waals surface area contributed by atoms with Gasteiger partial charge in [-0.15, -0.1) is 11.3 Å². The number of piperidine rings is 1. The van der Waals surface area contributed by atoms with Gasteiger partial charge in [0.1, 0.15) is 11.6 Å².